The topological polar surface area (TPSA) is 81.1 Å². The Morgan fingerprint density at radius 1 is 1.15 bits per heavy atom. The minimum atomic E-state index is -3.33. The quantitative estimate of drug-likeness (QED) is 0.495. The van der Waals surface area contributed by atoms with Crippen LogP contribution in [0.4, 0.5) is 5.69 Å². The van der Waals surface area contributed by atoms with E-state index in [9.17, 15) is 13.2 Å². The molecule has 136 valence electrons. The van der Waals surface area contributed by atoms with Crippen molar-refractivity contribution in [2.24, 2.45) is 0 Å². The van der Waals surface area contributed by atoms with Gasteiger partial charge in [-0.15, -0.1) is 0 Å². The van der Waals surface area contributed by atoms with Crippen molar-refractivity contribution in [3.63, 3.8) is 0 Å². The van der Waals surface area contributed by atoms with Crippen LogP contribution in [0.15, 0.2) is 53.7 Å². The number of para-hydroxylation sites is 2. The molecule has 6 nitrogen and oxygen atoms in total. The molecule has 0 radical (unpaired) electrons. The van der Waals surface area contributed by atoms with Gasteiger partial charge in [-0.2, -0.15) is 0 Å². The molecular formula is C18H19N3O3S2. The van der Waals surface area contributed by atoms with Crippen LogP contribution in [0.5, 0.6) is 0 Å². The zero-order chi connectivity index (χ0) is 18.7. The monoisotopic (exact) mass is 389 g/mol. The van der Waals surface area contributed by atoms with Crippen molar-refractivity contribution in [3.8, 4) is 0 Å². The molecule has 0 spiro atoms. The van der Waals surface area contributed by atoms with Gasteiger partial charge in [-0.1, -0.05) is 23.9 Å². The van der Waals surface area contributed by atoms with Crippen molar-refractivity contribution < 1.29 is 13.2 Å². The van der Waals surface area contributed by atoms with E-state index in [0.717, 1.165) is 29.0 Å². The third-order valence-electron chi connectivity index (χ3n) is 3.78. The maximum atomic E-state index is 12.4. The van der Waals surface area contributed by atoms with E-state index in [1.807, 2.05) is 31.2 Å². The molecule has 3 aromatic rings. The number of nitrogens with one attached hydrogen (secondary N) is 1. The van der Waals surface area contributed by atoms with E-state index in [1.165, 1.54) is 11.8 Å². The van der Waals surface area contributed by atoms with Gasteiger partial charge >= 0.3 is 0 Å². The number of carbonyl (C=O) groups excluding carboxylic acids is 1. The molecular weight excluding hydrogens is 370 g/mol. The van der Waals surface area contributed by atoms with Gasteiger partial charge in [-0.05, 0) is 43.3 Å². The highest BCUT2D eigenvalue weighted by Gasteiger charge is 2.13. The Morgan fingerprint density at radius 2 is 1.85 bits per heavy atom. The van der Waals surface area contributed by atoms with Crippen LogP contribution in [-0.2, 0) is 16.6 Å². The normalized spacial score (nSPS) is 11.6. The minimum absolute atomic E-state index is 0.0318. The molecule has 0 unspecified atom stereocenters. The van der Waals surface area contributed by atoms with Crippen molar-refractivity contribution in [1.29, 1.82) is 0 Å². The molecule has 8 heteroatoms. The molecule has 26 heavy (non-hydrogen) atoms. The first-order valence-corrected chi connectivity index (χ1v) is 10.9. The lowest BCUT2D eigenvalue weighted by atomic mass is 10.1. The number of fused-ring (bicyclic) bond motifs is 1. The van der Waals surface area contributed by atoms with Crippen LogP contribution in [0.25, 0.3) is 11.0 Å². The Balaban J connectivity index is 1.71. The lowest BCUT2D eigenvalue weighted by Crippen LogP contribution is -2.10. The Labute approximate surface area is 156 Å². The fraction of sp³-hybridized carbons (Fsp3) is 0.222. The van der Waals surface area contributed by atoms with Crippen LogP contribution >= 0.6 is 11.8 Å². The van der Waals surface area contributed by atoms with Gasteiger partial charge in [0.05, 0.1) is 23.0 Å². The number of benzene rings is 2. The van der Waals surface area contributed by atoms with E-state index in [-0.39, 0.29) is 11.5 Å². The number of Topliss-reactive ketones (excluding diaryl/α,β-unsaturated/α-hetero) is 1. The number of ketones is 1. The Morgan fingerprint density at radius 3 is 2.50 bits per heavy atom. The fourth-order valence-corrected chi connectivity index (χ4v) is 4.16. The minimum Gasteiger partial charge on any atom is -0.319 e. The molecule has 2 aromatic carbocycles. The Kier molecular flexibility index (Phi) is 5.33. The average molecular weight is 390 g/mol. The largest absolute Gasteiger partial charge is 0.319 e. The summed E-state index contributed by atoms with van der Waals surface area (Å²) in [7, 11) is -3.33. The molecule has 0 atom stereocenters. The number of rotatable bonds is 7. The van der Waals surface area contributed by atoms with Gasteiger partial charge in [0.25, 0.3) is 0 Å². The average Bonchev–Trinajstić information content (AvgIpc) is 2.96. The number of aromatic nitrogens is 2. The summed E-state index contributed by atoms with van der Waals surface area (Å²) in [5.41, 5.74) is 2.95. The smallest absolute Gasteiger partial charge is 0.229 e. The lowest BCUT2D eigenvalue weighted by molar-refractivity contribution is 0.102. The summed E-state index contributed by atoms with van der Waals surface area (Å²) in [5, 5.41) is 0.817. The zero-order valence-electron chi connectivity index (χ0n) is 14.5. The zero-order valence-corrected chi connectivity index (χ0v) is 16.1. The highest BCUT2D eigenvalue weighted by atomic mass is 32.2. The number of carbonyl (C=O) groups is 1. The standard InChI is InChI=1S/C18H19N3O3S2/c1-3-21-16-7-5-4-6-15(16)19-18(21)25-12-17(22)13-8-10-14(11-9-13)20-26(2,23)24/h4-11,20H,3,12H2,1-2H3. The first-order valence-electron chi connectivity index (χ1n) is 8.06. The molecule has 0 amide bonds. The molecule has 0 saturated carbocycles. The highest BCUT2D eigenvalue weighted by molar-refractivity contribution is 7.99. The molecule has 0 aliphatic carbocycles. The first-order chi connectivity index (χ1) is 12.4. The van der Waals surface area contributed by atoms with E-state index in [2.05, 4.69) is 14.3 Å². The maximum absolute atomic E-state index is 12.4. The molecule has 1 aromatic heterocycles. The van der Waals surface area contributed by atoms with E-state index in [1.54, 1.807) is 24.3 Å². The van der Waals surface area contributed by atoms with Crippen LogP contribution in [0, 0.1) is 0 Å². The summed E-state index contributed by atoms with van der Waals surface area (Å²) in [4.78, 5) is 17.0. The molecule has 0 saturated heterocycles. The number of imidazole rings is 1. The SMILES string of the molecule is CCn1c(SCC(=O)c2ccc(NS(C)(=O)=O)cc2)nc2ccccc21. The molecule has 0 fully saturated rings. The summed E-state index contributed by atoms with van der Waals surface area (Å²) in [6.07, 6.45) is 1.09. The molecule has 0 aliphatic heterocycles. The van der Waals surface area contributed by atoms with Crippen LogP contribution < -0.4 is 4.72 Å². The van der Waals surface area contributed by atoms with Crippen molar-refractivity contribution >= 4 is 44.3 Å². The summed E-state index contributed by atoms with van der Waals surface area (Å²) in [5.74, 6) is 0.234. The summed E-state index contributed by atoms with van der Waals surface area (Å²) >= 11 is 1.41. The molecule has 1 heterocycles. The van der Waals surface area contributed by atoms with Crippen molar-refractivity contribution in [1.82, 2.24) is 9.55 Å². The third kappa shape index (κ3) is 4.25. The van der Waals surface area contributed by atoms with Gasteiger partial charge in [0.15, 0.2) is 10.9 Å². The van der Waals surface area contributed by atoms with E-state index >= 15 is 0 Å². The predicted octanol–water partition coefficient (Wildman–Crippen LogP) is 3.40. The van der Waals surface area contributed by atoms with Crippen LogP contribution in [0.1, 0.15) is 17.3 Å². The first kappa shape index (κ1) is 18.5. The number of sulfonamides is 1. The van der Waals surface area contributed by atoms with Gasteiger partial charge in [0, 0.05) is 17.8 Å². The number of nitrogens with zero attached hydrogens (tertiary/aromatic N) is 2. The molecule has 1 N–H and O–H groups in total. The highest BCUT2D eigenvalue weighted by Crippen LogP contribution is 2.25. The molecule has 0 bridgehead atoms. The van der Waals surface area contributed by atoms with E-state index in [0.29, 0.717) is 11.3 Å². The second-order valence-corrected chi connectivity index (χ2v) is 8.48. The molecule has 3 rings (SSSR count). The number of hydrogen-bond acceptors (Lipinski definition) is 5. The second-order valence-electron chi connectivity index (χ2n) is 5.79. The number of aryl methyl sites for hydroxylation is 1. The molecule has 0 aliphatic rings. The lowest BCUT2D eigenvalue weighted by Gasteiger charge is -2.06. The Bertz CT molecular complexity index is 1040. The van der Waals surface area contributed by atoms with Crippen LogP contribution in [-0.4, -0.2) is 35.8 Å². The number of anilines is 1. The van der Waals surface area contributed by atoms with Gasteiger partial charge in [-0.25, -0.2) is 13.4 Å². The number of thioether (sulfide) groups is 1. The Hall–Kier alpha value is -2.32. The fourth-order valence-electron chi connectivity index (χ4n) is 2.62. The predicted molar refractivity (Wildman–Crippen MR) is 105 cm³/mol. The summed E-state index contributed by atoms with van der Waals surface area (Å²) in [6, 6.07) is 14.3. The van der Waals surface area contributed by atoms with Gasteiger partial charge in [0.2, 0.25) is 10.0 Å². The van der Waals surface area contributed by atoms with Crippen LogP contribution in [0.2, 0.25) is 0 Å². The third-order valence-corrected chi connectivity index (χ3v) is 5.36. The summed E-state index contributed by atoms with van der Waals surface area (Å²) < 4.78 is 26.9. The maximum Gasteiger partial charge on any atom is 0.229 e. The van der Waals surface area contributed by atoms with E-state index in [4.69, 9.17) is 0 Å². The summed E-state index contributed by atoms with van der Waals surface area (Å²) in [6.45, 7) is 2.83. The van der Waals surface area contributed by atoms with Crippen LogP contribution in [0.3, 0.4) is 0 Å². The van der Waals surface area contributed by atoms with Crippen molar-refractivity contribution in [3.05, 3.63) is 54.1 Å². The van der Waals surface area contributed by atoms with Crippen molar-refractivity contribution in [2.75, 3.05) is 16.7 Å². The van der Waals surface area contributed by atoms with Gasteiger partial charge < -0.3 is 4.57 Å². The van der Waals surface area contributed by atoms with Gasteiger partial charge in [-0.3, -0.25) is 9.52 Å². The second kappa shape index (κ2) is 7.51. The number of hydrogen-bond donors (Lipinski definition) is 1. The van der Waals surface area contributed by atoms with Crippen molar-refractivity contribution in [2.45, 2.75) is 18.6 Å². The van der Waals surface area contributed by atoms with E-state index < -0.39 is 10.0 Å². The van der Waals surface area contributed by atoms with Gasteiger partial charge in [0.1, 0.15) is 0 Å².